The lowest BCUT2D eigenvalue weighted by atomic mass is 10.5. The number of nitrogens with zero attached hydrogens (tertiary/aromatic N) is 1. The summed E-state index contributed by atoms with van der Waals surface area (Å²) in [4.78, 5) is 2.06. The Morgan fingerprint density at radius 3 is 3.00 bits per heavy atom. The average Bonchev–Trinajstić information content (AvgIpc) is 1.83. The quantitative estimate of drug-likeness (QED) is 0.531. The lowest BCUT2D eigenvalue weighted by molar-refractivity contribution is 0.348. The molecule has 0 amide bonds. The number of thiocarbonyl (C=S) groups is 1. The fourth-order valence-corrected chi connectivity index (χ4v) is 1.77. The summed E-state index contributed by atoms with van der Waals surface area (Å²) in [6, 6.07) is 0. The van der Waals surface area contributed by atoms with E-state index >= 15 is 0 Å². The molecule has 0 aromatic carbocycles. The first-order valence-corrected chi connectivity index (χ1v) is 4.24. The molecule has 1 saturated heterocycles. The minimum atomic E-state index is 0.402. The normalized spacial score (nSPS) is 28.9. The van der Waals surface area contributed by atoms with E-state index < -0.39 is 0 Å². The maximum Gasteiger partial charge on any atom is 0.138 e. The summed E-state index contributed by atoms with van der Waals surface area (Å²) in [6.45, 7) is 2.10. The van der Waals surface area contributed by atoms with Crippen molar-refractivity contribution in [2.75, 3.05) is 12.9 Å². The van der Waals surface area contributed by atoms with Gasteiger partial charge in [-0.2, -0.15) is 0 Å². The van der Waals surface area contributed by atoms with Crippen molar-refractivity contribution in [1.82, 2.24) is 10.2 Å². The van der Waals surface area contributed by atoms with Crippen molar-refractivity contribution in [3.05, 3.63) is 0 Å². The molecule has 0 aliphatic carbocycles. The molecule has 4 heteroatoms. The smallest absolute Gasteiger partial charge is 0.138 e. The minimum Gasteiger partial charge on any atom is -0.345 e. The van der Waals surface area contributed by atoms with Gasteiger partial charge in [-0.3, -0.25) is 5.32 Å². The van der Waals surface area contributed by atoms with Crippen molar-refractivity contribution in [3.63, 3.8) is 0 Å². The van der Waals surface area contributed by atoms with Crippen LogP contribution in [0.4, 0.5) is 0 Å². The van der Waals surface area contributed by atoms with Gasteiger partial charge in [-0.25, -0.2) is 0 Å². The van der Waals surface area contributed by atoms with Crippen LogP contribution in [0.15, 0.2) is 0 Å². The lowest BCUT2D eigenvalue weighted by Crippen LogP contribution is -2.47. The molecule has 0 aromatic rings. The topological polar surface area (TPSA) is 15.3 Å². The van der Waals surface area contributed by atoms with Gasteiger partial charge in [0.2, 0.25) is 0 Å². The highest BCUT2D eigenvalue weighted by molar-refractivity contribution is 8.22. The van der Waals surface area contributed by atoms with Gasteiger partial charge in [0, 0.05) is 7.05 Å². The van der Waals surface area contributed by atoms with E-state index in [0.29, 0.717) is 6.17 Å². The highest BCUT2D eigenvalue weighted by atomic mass is 32.2. The first-order chi connectivity index (χ1) is 4.22. The van der Waals surface area contributed by atoms with Gasteiger partial charge in [0.05, 0.1) is 12.0 Å². The van der Waals surface area contributed by atoms with E-state index in [1.54, 1.807) is 11.8 Å². The highest BCUT2D eigenvalue weighted by Crippen LogP contribution is 2.13. The molecule has 1 aliphatic heterocycles. The third-order valence-corrected chi connectivity index (χ3v) is 2.93. The Bertz CT molecular complexity index is 126. The van der Waals surface area contributed by atoms with Crippen molar-refractivity contribution < 1.29 is 0 Å². The summed E-state index contributed by atoms with van der Waals surface area (Å²) < 4.78 is 0.987. The first-order valence-electron chi connectivity index (χ1n) is 2.85. The van der Waals surface area contributed by atoms with Gasteiger partial charge in [0.15, 0.2) is 0 Å². The van der Waals surface area contributed by atoms with Crippen LogP contribution >= 0.6 is 24.0 Å². The Hall–Kier alpha value is 0.200. The van der Waals surface area contributed by atoms with E-state index in [9.17, 15) is 0 Å². The van der Waals surface area contributed by atoms with E-state index in [0.717, 1.165) is 10.2 Å². The Labute approximate surface area is 65.0 Å². The molecule has 1 heterocycles. The standard InChI is InChI=1S/C5H10N2S2/c1-4-6-3-9-5(8)7(4)2/h4,6H,3H2,1-2H3. The van der Waals surface area contributed by atoms with Crippen molar-refractivity contribution in [2.45, 2.75) is 13.1 Å². The number of rotatable bonds is 0. The van der Waals surface area contributed by atoms with Crippen molar-refractivity contribution in [3.8, 4) is 0 Å². The average molecular weight is 162 g/mol. The molecule has 1 N–H and O–H groups in total. The molecule has 0 radical (unpaired) electrons. The summed E-state index contributed by atoms with van der Waals surface area (Å²) in [5, 5.41) is 3.26. The molecular weight excluding hydrogens is 152 g/mol. The maximum absolute atomic E-state index is 5.05. The fourth-order valence-electron chi connectivity index (χ4n) is 0.621. The second kappa shape index (κ2) is 2.86. The molecule has 52 valence electrons. The summed E-state index contributed by atoms with van der Waals surface area (Å²) in [7, 11) is 2.01. The van der Waals surface area contributed by atoms with E-state index in [1.165, 1.54) is 0 Å². The predicted octanol–water partition coefficient (Wildman–Crippen LogP) is 0.843. The van der Waals surface area contributed by atoms with E-state index in [1.807, 2.05) is 7.05 Å². The van der Waals surface area contributed by atoms with Crippen LogP contribution in [0.2, 0.25) is 0 Å². The van der Waals surface area contributed by atoms with Gasteiger partial charge in [-0.15, -0.1) is 0 Å². The molecule has 0 saturated carbocycles. The van der Waals surface area contributed by atoms with Crippen molar-refractivity contribution in [1.29, 1.82) is 0 Å². The Balaban J connectivity index is 2.51. The monoisotopic (exact) mass is 162 g/mol. The molecule has 1 atom stereocenters. The second-order valence-corrected chi connectivity index (χ2v) is 3.65. The van der Waals surface area contributed by atoms with Crippen LogP contribution in [0.5, 0.6) is 0 Å². The second-order valence-electron chi connectivity index (χ2n) is 2.05. The number of hydrogen-bond donors (Lipinski definition) is 1. The molecule has 0 spiro atoms. The van der Waals surface area contributed by atoms with Gasteiger partial charge in [0.25, 0.3) is 0 Å². The fraction of sp³-hybridized carbons (Fsp3) is 0.800. The zero-order valence-corrected chi connectivity index (χ0v) is 7.18. The minimum absolute atomic E-state index is 0.402. The largest absolute Gasteiger partial charge is 0.345 e. The van der Waals surface area contributed by atoms with Crippen molar-refractivity contribution in [2.24, 2.45) is 0 Å². The van der Waals surface area contributed by atoms with E-state index in [4.69, 9.17) is 12.2 Å². The maximum atomic E-state index is 5.05. The zero-order chi connectivity index (χ0) is 6.85. The molecule has 1 unspecified atom stereocenters. The molecule has 0 bridgehead atoms. The van der Waals surface area contributed by atoms with E-state index in [2.05, 4.69) is 17.1 Å². The third-order valence-electron chi connectivity index (χ3n) is 1.44. The number of hydrogen-bond acceptors (Lipinski definition) is 3. The van der Waals surface area contributed by atoms with Gasteiger partial charge in [-0.1, -0.05) is 24.0 Å². The first kappa shape index (κ1) is 7.31. The van der Waals surface area contributed by atoms with Gasteiger partial charge in [0.1, 0.15) is 4.32 Å². The van der Waals surface area contributed by atoms with Crippen LogP contribution < -0.4 is 5.32 Å². The molecule has 0 aromatic heterocycles. The summed E-state index contributed by atoms with van der Waals surface area (Å²) in [5.74, 6) is 0.949. The molecule has 9 heavy (non-hydrogen) atoms. The molecular formula is C5H10N2S2. The molecule has 2 nitrogen and oxygen atoms in total. The number of thioether (sulfide) groups is 1. The zero-order valence-electron chi connectivity index (χ0n) is 5.55. The van der Waals surface area contributed by atoms with Crippen LogP contribution in [0, 0.1) is 0 Å². The van der Waals surface area contributed by atoms with Crippen LogP contribution in [0.25, 0.3) is 0 Å². The summed E-state index contributed by atoms with van der Waals surface area (Å²) in [5.41, 5.74) is 0. The predicted molar refractivity (Wildman–Crippen MR) is 45.4 cm³/mol. The lowest BCUT2D eigenvalue weighted by Gasteiger charge is -2.32. The third kappa shape index (κ3) is 1.56. The molecule has 1 rings (SSSR count). The SMILES string of the molecule is CC1NCSC(=S)N1C. The number of nitrogens with one attached hydrogen (secondary N) is 1. The highest BCUT2D eigenvalue weighted by Gasteiger charge is 2.16. The Kier molecular flexibility index (Phi) is 2.32. The van der Waals surface area contributed by atoms with Gasteiger partial charge >= 0.3 is 0 Å². The van der Waals surface area contributed by atoms with Crippen molar-refractivity contribution >= 4 is 28.3 Å². The Morgan fingerprint density at radius 2 is 2.56 bits per heavy atom. The van der Waals surface area contributed by atoms with Gasteiger partial charge < -0.3 is 4.90 Å². The van der Waals surface area contributed by atoms with Gasteiger partial charge in [-0.05, 0) is 6.92 Å². The van der Waals surface area contributed by atoms with Crippen LogP contribution in [0.3, 0.4) is 0 Å². The van der Waals surface area contributed by atoms with Crippen LogP contribution in [0.1, 0.15) is 6.92 Å². The van der Waals surface area contributed by atoms with E-state index in [-0.39, 0.29) is 0 Å². The molecule has 1 aliphatic rings. The van der Waals surface area contributed by atoms with Crippen LogP contribution in [-0.2, 0) is 0 Å². The summed E-state index contributed by atoms with van der Waals surface area (Å²) >= 11 is 6.73. The Morgan fingerprint density at radius 1 is 1.89 bits per heavy atom. The van der Waals surface area contributed by atoms with Crippen LogP contribution in [-0.4, -0.2) is 28.3 Å². The molecule has 1 fully saturated rings. The summed E-state index contributed by atoms with van der Waals surface area (Å²) in [6.07, 6.45) is 0.402.